The summed E-state index contributed by atoms with van der Waals surface area (Å²) in [6.45, 7) is 4.56. The summed E-state index contributed by atoms with van der Waals surface area (Å²) in [5.74, 6) is -0.473. The summed E-state index contributed by atoms with van der Waals surface area (Å²) in [6, 6.07) is -0.634. The molecule has 0 bridgehead atoms. The first-order chi connectivity index (χ1) is 11.1. The smallest absolute Gasteiger partial charge is 0.242 e. The molecule has 10 heteroatoms. The van der Waals surface area contributed by atoms with Crippen molar-refractivity contribution in [2.75, 3.05) is 25.9 Å². The van der Waals surface area contributed by atoms with Crippen molar-refractivity contribution in [3.05, 3.63) is 0 Å². The Balaban J connectivity index is 0.00000576. The first-order valence-electron chi connectivity index (χ1n) is 8.39. The first-order valence-corrected chi connectivity index (χ1v) is 10.3. The average molecular weight is 399 g/mol. The summed E-state index contributed by atoms with van der Waals surface area (Å²) in [5.41, 5.74) is 5.76. The third-order valence-electron chi connectivity index (χ3n) is 4.22. The van der Waals surface area contributed by atoms with Gasteiger partial charge in [-0.15, -0.1) is 12.4 Å². The van der Waals surface area contributed by atoms with E-state index in [4.69, 9.17) is 5.73 Å². The molecule has 8 nitrogen and oxygen atoms in total. The topological polar surface area (TPSA) is 122 Å². The lowest BCUT2D eigenvalue weighted by molar-refractivity contribution is -0.136. The van der Waals surface area contributed by atoms with Gasteiger partial charge in [-0.3, -0.25) is 9.59 Å². The van der Waals surface area contributed by atoms with E-state index in [0.717, 1.165) is 25.5 Å². The van der Waals surface area contributed by atoms with Crippen molar-refractivity contribution in [3.8, 4) is 0 Å². The number of piperidine rings is 1. The van der Waals surface area contributed by atoms with Crippen LogP contribution in [0.2, 0.25) is 0 Å². The molecule has 4 N–H and O–H groups in total. The van der Waals surface area contributed by atoms with Crippen LogP contribution in [0.1, 0.15) is 39.5 Å². The van der Waals surface area contributed by atoms with Crippen LogP contribution in [-0.2, 0) is 19.6 Å². The molecular weight excluding hydrogens is 368 g/mol. The molecule has 2 amide bonds. The third-order valence-corrected chi connectivity index (χ3v) is 4.95. The summed E-state index contributed by atoms with van der Waals surface area (Å²) in [5, 5.41) is 2.60. The molecule has 1 saturated heterocycles. The fourth-order valence-corrected chi connectivity index (χ4v) is 3.21. The average Bonchev–Trinajstić information content (AvgIpc) is 2.50. The number of halogens is 1. The van der Waals surface area contributed by atoms with Crippen molar-refractivity contribution in [3.63, 3.8) is 0 Å². The van der Waals surface area contributed by atoms with Gasteiger partial charge in [-0.1, -0.05) is 13.8 Å². The van der Waals surface area contributed by atoms with E-state index in [2.05, 4.69) is 10.0 Å². The van der Waals surface area contributed by atoms with Gasteiger partial charge >= 0.3 is 0 Å². The second-order valence-electron chi connectivity index (χ2n) is 6.68. The molecule has 0 aromatic carbocycles. The molecule has 0 saturated carbocycles. The molecule has 1 aliphatic heterocycles. The second-order valence-corrected chi connectivity index (χ2v) is 8.51. The van der Waals surface area contributed by atoms with E-state index < -0.39 is 16.1 Å². The Labute approximate surface area is 156 Å². The summed E-state index contributed by atoms with van der Waals surface area (Å²) in [6.07, 6.45) is 4.46. The highest BCUT2D eigenvalue weighted by molar-refractivity contribution is 7.88. The molecule has 0 aliphatic carbocycles. The van der Waals surface area contributed by atoms with Gasteiger partial charge in [-0.25, -0.2) is 13.1 Å². The Bertz CT molecular complexity index is 542. The van der Waals surface area contributed by atoms with E-state index >= 15 is 0 Å². The van der Waals surface area contributed by atoms with Gasteiger partial charge in [-0.05, 0) is 31.6 Å². The van der Waals surface area contributed by atoms with Crippen LogP contribution in [0.25, 0.3) is 0 Å². The molecule has 0 radical (unpaired) electrons. The van der Waals surface area contributed by atoms with E-state index in [0.29, 0.717) is 19.5 Å². The molecule has 25 heavy (non-hydrogen) atoms. The Morgan fingerprint density at radius 2 is 1.92 bits per heavy atom. The van der Waals surface area contributed by atoms with E-state index in [1.165, 1.54) is 0 Å². The van der Waals surface area contributed by atoms with Crippen molar-refractivity contribution < 1.29 is 18.0 Å². The monoisotopic (exact) mass is 398 g/mol. The highest BCUT2D eigenvalue weighted by atomic mass is 35.5. The number of nitrogens with two attached hydrogens (primary N) is 1. The fourth-order valence-electron chi connectivity index (χ4n) is 2.72. The van der Waals surface area contributed by atoms with Gasteiger partial charge in [-0.2, -0.15) is 0 Å². The number of carbonyl (C=O) groups is 2. The van der Waals surface area contributed by atoms with Gasteiger partial charge in [0, 0.05) is 19.1 Å². The van der Waals surface area contributed by atoms with Crippen LogP contribution in [-0.4, -0.2) is 63.1 Å². The minimum absolute atomic E-state index is 0. The normalized spacial score (nSPS) is 19.2. The van der Waals surface area contributed by atoms with Crippen LogP contribution in [0.5, 0.6) is 0 Å². The number of hydrogen-bond donors (Lipinski definition) is 3. The second kappa shape index (κ2) is 10.9. The number of carbonyl (C=O) groups excluding carboxylic acids is 2. The Kier molecular flexibility index (Phi) is 10.6. The van der Waals surface area contributed by atoms with Crippen LogP contribution < -0.4 is 15.8 Å². The van der Waals surface area contributed by atoms with Crippen molar-refractivity contribution in [1.29, 1.82) is 0 Å². The molecule has 1 aliphatic rings. The fraction of sp³-hybridized carbons (Fsp3) is 0.867. The summed E-state index contributed by atoms with van der Waals surface area (Å²) < 4.78 is 24.7. The molecule has 0 spiro atoms. The highest BCUT2D eigenvalue weighted by Crippen LogP contribution is 2.19. The number of hydrogen-bond acceptors (Lipinski definition) is 5. The van der Waals surface area contributed by atoms with Gasteiger partial charge < -0.3 is 16.0 Å². The van der Waals surface area contributed by atoms with E-state index in [9.17, 15) is 18.0 Å². The number of nitrogens with zero attached hydrogens (tertiary/aromatic N) is 1. The molecule has 1 fully saturated rings. The largest absolute Gasteiger partial charge is 0.346 e. The summed E-state index contributed by atoms with van der Waals surface area (Å²) >= 11 is 0. The number of sulfonamides is 1. The first kappa shape index (κ1) is 24.1. The predicted molar refractivity (Wildman–Crippen MR) is 99.9 cm³/mol. The molecule has 148 valence electrons. The van der Waals surface area contributed by atoms with Gasteiger partial charge in [0.2, 0.25) is 21.8 Å². The zero-order valence-corrected chi connectivity index (χ0v) is 16.8. The Hall–Kier alpha value is -0.900. The number of amides is 2. The van der Waals surface area contributed by atoms with Crippen LogP contribution in [0.4, 0.5) is 0 Å². The lowest BCUT2D eigenvalue weighted by Gasteiger charge is -2.36. The zero-order valence-electron chi connectivity index (χ0n) is 15.2. The number of nitrogens with one attached hydrogen (secondary N) is 2. The van der Waals surface area contributed by atoms with Gasteiger partial charge in [0.05, 0.1) is 18.8 Å². The predicted octanol–water partition coefficient (Wildman–Crippen LogP) is -0.172. The van der Waals surface area contributed by atoms with Crippen molar-refractivity contribution in [1.82, 2.24) is 14.9 Å². The van der Waals surface area contributed by atoms with E-state index in [1.807, 2.05) is 13.8 Å². The quantitative estimate of drug-likeness (QED) is 0.524. The molecule has 0 aromatic rings. The number of likely N-dealkylation sites (tertiary alicyclic amines) is 1. The van der Waals surface area contributed by atoms with Crippen LogP contribution in [0.15, 0.2) is 0 Å². The molecule has 1 heterocycles. The SMILES string of the molecule is CC(C)[C@H](N)C(=O)NCC(=O)N1CCCCC1CCNS(C)(=O)=O.Cl. The van der Waals surface area contributed by atoms with Crippen LogP contribution >= 0.6 is 12.4 Å². The summed E-state index contributed by atoms with van der Waals surface area (Å²) in [7, 11) is -3.23. The van der Waals surface area contributed by atoms with Crippen LogP contribution in [0.3, 0.4) is 0 Å². The number of rotatable bonds is 8. The molecule has 0 aromatic heterocycles. The van der Waals surface area contributed by atoms with Crippen molar-refractivity contribution in [2.24, 2.45) is 11.7 Å². The molecule has 1 rings (SSSR count). The van der Waals surface area contributed by atoms with Gasteiger partial charge in [0.15, 0.2) is 0 Å². The van der Waals surface area contributed by atoms with Crippen LogP contribution in [0, 0.1) is 5.92 Å². The lowest BCUT2D eigenvalue weighted by atomic mass is 9.99. The Morgan fingerprint density at radius 3 is 2.48 bits per heavy atom. The standard InChI is InChI=1S/C15H30N4O4S.ClH/c1-11(2)14(16)15(21)17-10-13(20)19-9-5-4-6-12(19)7-8-18-24(3,22)23;/h11-12,14,18H,4-10,16H2,1-3H3,(H,17,21);1H/t12?,14-;/m0./s1. The minimum Gasteiger partial charge on any atom is -0.346 e. The summed E-state index contributed by atoms with van der Waals surface area (Å²) in [4.78, 5) is 26.0. The maximum absolute atomic E-state index is 12.4. The maximum atomic E-state index is 12.4. The highest BCUT2D eigenvalue weighted by Gasteiger charge is 2.27. The van der Waals surface area contributed by atoms with E-state index in [1.54, 1.807) is 4.90 Å². The zero-order chi connectivity index (χ0) is 18.3. The van der Waals surface area contributed by atoms with Crippen molar-refractivity contribution >= 4 is 34.2 Å². The minimum atomic E-state index is -3.23. The van der Waals surface area contributed by atoms with E-state index in [-0.39, 0.29) is 42.7 Å². The van der Waals surface area contributed by atoms with Crippen molar-refractivity contribution in [2.45, 2.75) is 51.6 Å². The lowest BCUT2D eigenvalue weighted by Crippen LogP contribution is -2.51. The third kappa shape index (κ3) is 8.84. The molecule has 1 unspecified atom stereocenters. The molecular formula is C15H31ClN4O4S. The van der Waals surface area contributed by atoms with Gasteiger partial charge in [0.1, 0.15) is 0 Å². The Morgan fingerprint density at radius 1 is 1.28 bits per heavy atom. The molecule has 2 atom stereocenters. The van der Waals surface area contributed by atoms with Gasteiger partial charge in [0.25, 0.3) is 0 Å². The maximum Gasteiger partial charge on any atom is 0.242 e.